The van der Waals surface area contributed by atoms with Gasteiger partial charge in [-0.05, 0) is 38.0 Å². The molecule has 0 saturated heterocycles. The van der Waals surface area contributed by atoms with Gasteiger partial charge in [-0.2, -0.15) is 0 Å². The largest absolute Gasteiger partial charge is 0.490 e. The van der Waals surface area contributed by atoms with Crippen molar-refractivity contribution in [3.63, 3.8) is 0 Å². The first-order valence-electron chi connectivity index (χ1n) is 5.16. The van der Waals surface area contributed by atoms with Crippen LogP contribution in [0.1, 0.15) is 31.4 Å². The number of benzene rings is 1. The summed E-state index contributed by atoms with van der Waals surface area (Å²) in [6.45, 7) is 6.06. The van der Waals surface area contributed by atoms with Crippen molar-refractivity contribution in [3.8, 4) is 5.75 Å². The van der Waals surface area contributed by atoms with Gasteiger partial charge in [-0.15, -0.1) is 0 Å². The fourth-order valence-corrected chi connectivity index (χ4v) is 1.25. The van der Waals surface area contributed by atoms with Crippen LogP contribution >= 0.6 is 0 Å². The highest BCUT2D eigenvalue weighted by Crippen LogP contribution is 2.21. The summed E-state index contributed by atoms with van der Waals surface area (Å²) in [6.07, 6.45) is 1.08. The number of nitrogens with one attached hydrogen (secondary N) is 1. The van der Waals surface area contributed by atoms with Crippen LogP contribution in [0.4, 0.5) is 0 Å². The lowest BCUT2D eigenvalue weighted by Gasteiger charge is -2.16. The molecule has 0 aliphatic carbocycles. The van der Waals surface area contributed by atoms with E-state index in [1.165, 1.54) is 0 Å². The molecule has 82 valence electrons. The molecule has 15 heavy (non-hydrogen) atoms. The molecule has 0 amide bonds. The summed E-state index contributed by atoms with van der Waals surface area (Å²) in [6, 6.07) is 5.68. The Hall–Kier alpha value is -1.51. The summed E-state index contributed by atoms with van der Waals surface area (Å²) in [7, 11) is 0. The Bertz CT molecular complexity index is 361. The number of amidine groups is 1. The van der Waals surface area contributed by atoms with Gasteiger partial charge in [0, 0.05) is 0 Å². The number of nitrogen functional groups attached to an aromatic ring is 1. The van der Waals surface area contributed by atoms with Crippen LogP contribution in [0.15, 0.2) is 18.2 Å². The molecule has 0 fully saturated rings. The number of ether oxygens (including phenoxy) is 1. The molecule has 1 aromatic carbocycles. The summed E-state index contributed by atoms with van der Waals surface area (Å²) in [5.74, 6) is 0.755. The van der Waals surface area contributed by atoms with Crippen molar-refractivity contribution in [1.82, 2.24) is 0 Å². The maximum Gasteiger partial charge on any atom is 0.130 e. The molecule has 0 aliphatic heterocycles. The van der Waals surface area contributed by atoms with Gasteiger partial charge in [0.2, 0.25) is 0 Å². The Morgan fingerprint density at radius 3 is 2.73 bits per heavy atom. The van der Waals surface area contributed by atoms with Gasteiger partial charge in [-0.3, -0.25) is 5.41 Å². The van der Waals surface area contributed by atoms with Crippen LogP contribution in [-0.4, -0.2) is 11.9 Å². The maximum atomic E-state index is 7.45. The minimum absolute atomic E-state index is 0.0494. The predicted molar refractivity (Wildman–Crippen MR) is 62.6 cm³/mol. The van der Waals surface area contributed by atoms with E-state index in [2.05, 4.69) is 6.92 Å². The lowest BCUT2D eigenvalue weighted by Crippen LogP contribution is -2.16. The van der Waals surface area contributed by atoms with Gasteiger partial charge in [0.25, 0.3) is 0 Å². The molecule has 1 atom stereocenters. The molecular weight excluding hydrogens is 188 g/mol. The van der Waals surface area contributed by atoms with Crippen molar-refractivity contribution in [2.45, 2.75) is 33.3 Å². The molecule has 1 rings (SSSR count). The predicted octanol–water partition coefficient (Wildman–Crippen LogP) is 2.46. The van der Waals surface area contributed by atoms with Crippen molar-refractivity contribution in [2.75, 3.05) is 0 Å². The summed E-state index contributed by atoms with van der Waals surface area (Å²) in [5, 5.41) is 7.45. The lowest BCUT2D eigenvalue weighted by atomic mass is 10.1. The normalized spacial score (nSPS) is 12.2. The van der Waals surface area contributed by atoms with Crippen LogP contribution in [0.5, 0.6) is 5.75 Å². The van der Waals surface area contributed by atoms with Crippen LogP contribution < -0.4 is 10.5 Å². The van der Waals surface area contributed by atoms with E-state index >= 15 is 0 Å². The minimum atomic E-state index is 0.0494. The topological polar surface area (TPSA) is 59.1 Å². The minimum Gasteiger partial charge on any atom is -0.490 e. The average molecular weight is 206 g/mol. The molecule has 1 aromatic rings. The summed E-state index contributed by atoms with van der Waals surface area (Å²) in [4.78, 5) is 0. The molecule has 1 unspecified atom stereocenters. The Kier molecular flexibility index (Phi) is 3.72. The zero-order chi connectivity index (χ0) is 11.4. The third kappa shape index (κ3) is 2.98. The molecule has 0 heterocycles. The van der Waals surface area contributed by atoms with Gasteiger partial charge in [0.05, 0.1) is 11.7 Å². The smallest absolute Gasteiger partial charge is 0.130 e. The fraction of sp³-hybridized carbons (Fsp3) is 0.417. The highest BCUT2D eigenvalue weighted by Gasteiger charge is 2.09. The van der Waals surface area contributed by atoms with Crippen LogP contribution in [0, 0.1) is 12.3 Å². The van der Waals surface area contributed by atoms with Crippen molar-refractivity contribution in [1.29, 1.82) is 5.41 Å². The first-order valence-corrected chi connectivity index (χ1v) is 5.16. The number of nitrogens with two attached hydrogens (primary N) is 1. The van der Waals surface area contributed by atoms with E-state index < -0.39 is 0 Å². The molecule has 0 aliphatic rings. The summed E-state index contributed by atoms with van der Waals surface area (Å²) in [5.41, 5.74) is 7.26. The van der Waals surface area contributed by atoms with Gasteiger partial charge in [0.1, 0.15) is 11.6 Å². The monoisotopic (exact) mass is 206 g/mol. The summed E-state index contributed by atoms with van der Waals surface area (Å²) >= 11 is 0. The second-order valence-electron chi connectivity index (χ2n) is 3.75. The molecule has 0 bridgehead atoms. The second-order valence-corrected chi connectivity index (χ2v) is 3.75. The van der Waals surface area contributed by atoms with E-state index in [1.54, 1.807) is 0 Å². The maximum absolute atomic E-state index is 7.45. The van der Waals surface area contributed by atoms with E-state index in [0.29, 0.717) is 11.3 Å². The average Bonchev–Trinajstić information content (AvgIpc) is 2.17. The SMILES string of the molecule is CCC(C)Oc1cc(C)ccc1C(=N)N. The molecule has 0 saturated carbocycles. The highest BCUT2D eigenvalue weighted by atomic mass is 16.5. The molecule has 0 radical (unpaired) electrons. The van der Waals surface area contributed by atoms with Gasteiger partial charge in [-0.1, -0.05) is 13.0 Å². The van der Waals surface area contributed by atoms with E-state index in [9.17, 15) is 0 Å². The van der Waals surface area contributed by atoms with Crippen LogP contribution in [0.25, 0.3) is 0 Å². The van der Waals surface area contributed by atoms with Gasteiger partial charge < -0.3 is 10.5 Å². The van der Waals surface area contributed by atoms with Crippen molar-refractivity contribution in [3.05, 3.63) is 29.3 Å². The second kappa shape index (κ2) is 4.82. The van der Waals surface area contributed by atoms with E-state index in [4.69, 9.17) is 15.9 Å². The first-order chi connectivity index (χ1) is 7.04. The number of rotatable bonds is 4. The van der Waals surface area contributed by atoms with Crippen molar-refractivity contribution in [2.24, 2.45) is 5.73 Å². The third-order valence-electron chi connectivity index (χ3n) is 2.33. The van der Waals surface area contributed by atoms with Gasteiger partial charge in [-0.25, -0.2) is 0 Å². The molecule has 0 spiro atoms. The summed E-state index contributed by atoms with van der Waals surface area (Å²) < 4.78 is 5.72. The van der Waals surface area contributed by atoms with Crippen LogP contribution in [-0.2, 0) is 0 Å². The highest BCUT2D eigenvalue weighted by molar-refractivity contribution is 5.97. The quantitative estimate of drug-likeness (QED) is 0.587. The fourth-order valence-electron chi connectivity index (χ4n) is 1.25. The van der Waals surface area contributed by atoms with Crippen LogP contribution in [0.3, 0.4) is 0 Å². The number of hydrogen-bond donors (Lipinski definition) is 2. The van der Waals surface area contributed by atoms with Crippen molar-refractivity contribution < 1.29 is 4.74 Å². The standard InChI is InChI=1S/C12H18N2O/c1-4-9(3)15-11-7-8(2)5-6-10(11)12(13)14/h5-7,9H,4H2,1-3H3,(H3,13,14). The number of aryl methyl sites for hydroxylation is 1. The Labute approximate surface area is 90.8 Å². The Balaban J connectivity index is 3.02. The number of hydrogen-bond acceptors (Lipinski definition) is 2. The van der Waals surface area contributed by atoms with E-state index in [-0.39, 0.29) is 11.9 Å². The molecule has 3 nitrogen and oxygen atoms in total. The van der Waals surface area contributed by atoms with E-state index in [1.807, 2.05) is 32.0 Å². The molecule has 0 aromatic heterocycles. The Morgan fingerprint density at radius 2 is 2.20 bits per heavy atom. The van der Waals surface area contributed by atoms with Crippen LogP contribution in [0.2, 0.25) is 0 Å². The first kappa shape index (κ1) is 11.6. The molecule has 3 N–H and O–H groups in total. The zero-order valence-electron chi connectivity index (χ0n) is 9.50. The van der Waals surface area contributed by atoms with Gasteiger partial charge in [0.15, 0.2) is 0 Å². The van der Waals surface area contributed by atoms with Gasteiger partial charge >= 0.3 is 0 Å². The Morgan fingerprint density at radius 1 is 1.53 bits per heavy atom. The van der Waals surface area contributed by atoms with Crippen molar-refractivity contribution >= 4 is 5.84 Å². The lowest BCUT2D eigenvalue weighted by molar-refractivity contribution is 0.217. The third-order valence-corrected chi connectivity index (χ3v) is 2.33. The zero-order valence-corrected chi connectivity index (χ0v) is 9.50. The van der Waals surface area contributed by atoms with E-state index in [0.717, 1.165) is 12.0 Å². The molecule has 3 heteroatoms. The molecular formula is C12H18N2O.